The summed E-state index contributed by atoms with van der Waals surface area (Å²) >= 11 is 0. The highest BCUT2D eigenvalue weighted by atomic mass is 16.5. The molecule has 0 amide bonds. The number of carbonyl (C=O) groups excluding carboxylic acids is 1. The minimum atomic E-state index is -0.273. The molecular formula is C16H22N2O3. The van der Waals surface area contributed by atoms with Crippen molar-refractivity contribution in [2.24, 2.45) is 0 Å². The fourth-order valence-corrected chi connectivity index (χ4v) is 3.46. The smallest absolute Gasteiger partial charge is 0.324 e. The molecule has 1 aromatic carbocycles. The second-order valence-electron chi connectivity index (χ2n) is 5.95. The average Bonchev–Trinajstić information content (AvgIpc) is 2.86. The predicted octanol–water partition coefficient (Wildman–Crippen LogP) is 0.479. The Labute approximate surface area is 125 Å². The van der Waals surface area contributed by atoms with Crippen LogP contribution in [0.5, 0.6) is 0 Å². The van der Waals surface area contributed by atoms with E-state index < -0.39 is 0 Å². The SMILES string of the molecule is COC(=O)[C@@H]1CN2C[C@H](O)C[C@@H]2CN1Cc1ccccc1. The van der Waals surface area contributed by atoms with Crippen molar-refractivity contribution in [3.05, 3.63) is 35.9 Å². The molecule has 0 spiro atoms. The van der Waals surface area contributed by atoms with Crippen molar-refractivity contribution in [1.29, 1.82) is 0 Å². The molecule has 0 aliphatic carbocycles. The summed E-state index contributed by atoms with van der Waals surface area (Å²) in [5.41, 5.74) is 1.19. The first kappa shape index (κ1) is 14.5. The number of piperazine rings is 1. The van der Waals surface area contributed by atoms with Gasteiger partial charge in [-0.3, -0.25) is 14.6 Å². The first-order chi connectivity index (χ1) is 10.2. The van der Waals surface area contributed by atoms with Crippen LogP contribution in [0.2, 0.25) is 0 Å². The highest BCUT2D eigenvalue weighted by Gasteiger charge is 2.42. The molecule has 0 saturated carbocycles. The second kappa shape index (κ2) is 6.13. The third kappa shape index (κ3) is 3.10. The van der Waals surface area contributed by atoms with Gasteiger partial charge in [0, 0.05) is 32.2 Å². The minimum Gasteiger partial charge on any atom is -0.468 e. The maximum atomic E-state index is 12.1. The fraction of sp³-hybridized carbons (Fsp3) is 0.562. The Hall–Kier alpha value is -1.43. The molecule has 2 fully saturated rings. The Kier molecular flexibility index (Phi) is 4.24. The highest BCUT2D eigenvalue weighted by molar-refractivity contribution is 5.76. The number of hydrogen-bond acceptors (Lipinski definition) is 5. The molecular weight excluding hydrogens is 268 g/mol. The number of ether oxygens (including phenoxy) is 1. The van der Waals surface area contributed by atoms with Gasteiger partial charge < -0.3 is 9.84 Å². The van der Waals surface area contributed by atoms with Gasteiger partial charge in [-0.1, -0.05) is 30.3 Å². The third-order valence-corrected chi connectivity index (χ3v) is 4.50. The lowest BCUT2D eigenvalue weighted by atomic mass is 10.1. The van der Waals surface area contributed by atoms with E-state index >= 15 is 0 Å². The minimum absolute atomic E-state index is 0.189. The molecule has 2 heterocycles. The number of fused-ring (bicyclic) bond motifs is 1. The Morgan fingerprint density at radius 1 is 1.29 bits per heavy atom. The Balaban J connectivity index is 1.76. The normalized spacial score (nSPS) is 30.1. The first-order valence-corrected chi connectivity index (χ1v) is 7.45. The first-order valence-electron chi connectivity index (χ1n) is 7.45. The summed E-state index contributed by atoms with van der Waals surface area (Å²) < 4.78 is 4.96. The van der Waals surface area contributed by atoms with Crippen molar-refractivity contribution in [1.82, 2.24) is 9.80 Å². The van der Waals surface area contributed by atoms with E-state index in [0.717, 1.165) is 19.5 Å². The van der Waals surface area contributed by atoms with Gasteiger partial charge in [0.25, 0.3) is 0 Å². The summed E-state index contributed by atoms with van der Waals surface area (Å²) in [5, 5.41) is 9.84. The van der Waals surface area contributed by atoms with Gasteiger partial charge >= 0.3 is 5.97 Å². The lowest BCUT2D eigenvalue weighted by molar-refractivity contribution is -0.150. The number of nitrogens with zero attached hydrogens (tertiary/aromatic N) is 2. The van der Waals surface area contributed by atoms with Crippen molar-refractivity contribution >= 4 is 5.97 Å². The number of hydrogen-bond donors (Lipinski definition) is 1. The van der Waals surface area contributed by atoms with Gasteiger partial charge in [-0.2, -0.15) is 0 Å². The van der Waals surface area contributed by atoms with E-state index in [1.165, 1.54) is 12.7 Å². The molecule has 2 saturated heterocycles. The summed E-state index contributed by atoms with van der Waals surface area (Å²) in [6, 6.07) is 10.2. The molecule has 0 radical (unpaired) electrons. The molecule has 0 bridgehead atoms. The van der Waals surface area contributed by atoms with E-state index in [1.54, 1.807) is 0 Å². The van der Waals surface area contributed by atoms with Crippen LogP contribution in [0.25, 0.3) is 0 Å². The van der Waals surface area contributed by atoms with E-state index in [0.29, 0.717) is 19.1 Å². The largest absolute Gasteiger partial charge is 0.468 e. The number of aliphatic hydroxyl groups is 1. The van der Waals surface area contributed by atoms with Crippen molar-refractivity contribution in [3.8, 4) is 0 Å². The van der Waals surface area contributed by atoms with Crippen LogP contribution in [0, 0.1) is 0 Å². The molecule has 5 heteroatoms. The van der Waals surface area contributed by atoms with E-state index in [-0.39, 0.29) is 18.1 Å². The summed E-state index contributed by atoms with van der Waals surface area (Å²) in [4.78, 5) is 16.5. The van der Waals surface area contributed by atoms with Crippen LogP contribution in [0.1, 0.15) is 12.0 Å². The third-order valence-electron chi connectivity index (χ3n) is 4.50. The van der Waals surface area contributed by atoms with Crippen LogP contribution in [-0.2, 0) is 16.1 Å². The van der Waals surface area contributed by atoms with Gasteiger partial charge in [0.2, 0.25) is 0 Å². The van der Waals surface area contributed by atoms with Gasteiger partial charge in [-0.15, -0.1) is 0 Å². The maximum Gasteiger partial charge on any atom is 0.324 e. The molecule has 2 aliphatic rings. The number of methoxy groups -OCH3 is 1. The van der Waals surface area contributed by atoms with E-state index in [4.69, 9.17) is 4.74 Å². The standard InChI is InChI=1S/C16H22N2O3/c1-21-16(20)15-11-17-10-14(19)7-13(17)9-18(15)8-12-5-3-2-4-6-12/h2-6,13-15,19H,7-11H2,1H3/t13-,14-,15+/m1/s1. The van der Waals surface area contributed by atoms with Gasteiger partial charge in [0.15, 0.2) is 0 Å². The summed E-state index contributed by atoms with van der Waals surface area (Å²) in [6.07, 6.45) is 0.518. The van der Waals surface area contributed by atoms with Crippen LogP contribution < -0.4 is 0 Å². The molecule has 0 aromatic heterocycles. The van der Waals surface area contributed by atoms with Crippen molar-refractivity contribution in [3.63, 3.8) is 0 Å². The zero-order valence-corrected chi connectivity index (χ0v) is 12.3. The summed E-state index contributed by atoms with van der Waals surface area (Å²) in [6.45, 7) is 2.84. The quantitative estimate of drug-likeness (QED) is 0.821. The monoisotopic (exact) mass is 290 g/mol. The zero-order valence-electron chi connectivity index (χ0n) is 12.3. The zero-order chi connectivity index (χ0) is 14.8. The van der Waals surface area contributed by atoms with Crippen LogP contribution >= 0.6 is 0 Å². The topological polar surface area (TPSA) is 53.0 Å². The Morgan fingerprint density at radius 3 is 2.76 bits per heavy atom. The van der Waals surface area contributed by atoms with Crippen molar-refractivity contribution in [2.75, 3.05) is 26.7 Å². The summed E-state index contributed by atoms with van der Waals surface area (Å²) in [7, 11) is 1.44. The van der Waals surface area contributed by atoms with E-state index in [2.05, 4.69) is 21.9 Å². The number of benzene rings is 1. The average molecular weight is 290 g/mol. The van der Waals surface area contributed by atoms with Gasteiger partial charge in [0.1, 0.15) is 6.04 Å². The molecule has 1 aromatic rings. The Morgan fingerprint density at radius 2 is 2.05 bits per heavy atom. The molecule has 2 aliphatic heterocycles. The second-order valence-corrected chi connectivity index (χ2v) is 5.95. The van der Waals surface area contributed by atoms with Crippen LogP contribution in [0.15, 0.2) is 30.3 Å². The van der Waals surface area contributed by atoms with E-state index in [9.17, 15) is 9.90 Å². The predicted molar refractivity (Wildman–Crippen MR) is 78.6 cm³/mol. The van der Waals surface area contributed by atoms with Gasteiger partial charge in [-0.25, -0.2) is 0 Å². The van der Waals surface area contributed by atoms with Crippen molar-refractivity contribution in [2.45, 2.75) is 31.2 Å². The summed E-state index contributed by atoms with van der Waals surface area (Å²) in [5.74, 6) is -0.189. The molecule has 1 N–H and O–H groups in total. The van der Waals surface area contributed by atoms with Crippen LogP contribution in [0.4, 0.5) is 0 Å². The van der Waals surface area contributed by atoms with E-state index in [1.807, 2.05) is 18.2 Å². The fourth-order valence-electron chi connectivity index (χ4n) is 3.46. The van der Waals surface area contributed by atoms with Crippen LogP contribution in [0.3, 0.4) is 0 Å². The molecule has 0 unspecified atom stereocenters. The maximum absolute atomic E-state index is 12.1. The molecule has 3 rings (SSSR count). The van der Waals surface area contributed by atoms with Gasteiger partial charge in [-0.05, 0) is 12.0 Å². The molecule has 5 nitrogen and oxygen atoms in total. The number of aliphatic hydroxyl groups excluding tert-OH is 1. The lowest BCUT2D eigenvalue weighted by Crippen LogP contribution is -2.58. The Bertz CT molecular complexity index is 494. The molecule has 114 valence electrons. The van der Waals surface area contributed by atoms with Crippen molar-refractivity contribution < 1.29 is 14.6 Å². The number of esters is 1. The molecule has 3 atom stereocenters. The highest BCUT2D eigenvalue weighted by Crippen LogP contribution is 2.26. The molecule has 21 heavy (non-hydrogen) atoms. The lowest BCUT2D eigenvalue weighted by Gasteiger charge is -2.42. The van der Waals surface area contributed by atoms with Gasteiger partial charge in [0.05, 0.1) is 13.2 Å². The number of rotatable bonds is 3. The number of carbonyl (C=O) groups is 1. The van der Waals surface area contributed by atoms with Crippen LogP contribution in [-0.4, -0.2) is 65.8 Å².